The Labute approximate surface area is 177 Å². The molecule has 0 saturated heterocycles. The van der Waals surface area contributed by atoms with Crippen molar-refractivity contribution in [2.75, 3.05) is 5.88 Å². The molecule has 0 atom stereocenters. The number of aromatic amines is 1. The lowest BCUT2D eigenvalue weighted by Gasteiger charge is -2.11. The lowest BCUT2D eigenvalue weighted by Crippen LogP contribution is -2.06. The van der Waals surface area contributed by atoms with E-state index in [1.54, 1.807) is 30.5 Å². The van der Waals surface area contributed by atoms with E-state index in [1.807, 2.05) is 13.8 Å². The number of rotatable bonds is 6. The van der Waals surface area contributed by atoms with Crippen molar-refractivity contribution in [1.82, 2.24) is 15.1 Å². The molecule has 0 spiro atoms. The molecule has 0 fully saturated rings. The van der Waals surface area contributed by atoms with Gasteiger partial charge in [-0.1, -0.05) is 5.16 Å². The first-order chi connectivity index (χ1) is 14.5. The summed E-state index contributed by atoms with van der Waals surface area (Å²) in [5.41, 5.74) is 2.96. The van der Waals surface area contributed by atoms with Crippen LogP contribution in [0.1, 0.15) is 25.0 Å². The third-order valence-corrected chi connectivity index (χ3v) is 4.80. The summed E-state index contributed by atoms with van der Waals surface area (Å²) in [6, 6.07) is 10.2. The van der Waals surface area contributed by atoms with Gasteiger partial charge in [0.05, 0.1) is 17.2 Å². The molecule has 0 unspecified atom stereocenters. The molecule has 2 heterocycles. The Balaban J connectivity index is 1.74. The van der Waals surface area contributed by atoms with E-state index in [-0.39, 0.29) is 17.8 Å². The lowest BCUT2D eigenvalue weighted by atomic mass is 10.1. The number of fused-ring (bicyclic) bond motifs is 1. The van der Waals surface area contributed by atoms with Crippen LogP contribution in [0.2, 0.25) is 0 Å². The van der Waals surface area contributed by atoms with Gasteiger partial charge in [-0.2, -0.15) is 10.2 Å². The molecule has 2 aromatic heterocycles. The maximum absolute atomic E-state index is 14.4. The van der Waals surface area contributed by atoms with Gasteiger partial charge in [-0.05, 0) is 56.2 Å². The number of hydrogen-bond acceptors (Lipinski definition) is 5. The molecule has 6 nitrogen and oxygen atoms in total. The van der Waals surface area contributed by atoms with E-state index in [0.717, 1.165) is 5.56 Å². The summed E-state index contributed by atoms with van der Waals surface area (Å²) < 4.78 is 25.5. The first-order valence-corrected chi connectivity index (χ1v) is 9.95. The van der Waals surface area contributed by atoms with Crippen LogP contribution in [0.3, 0.4) is 0 Å². The summed E-state index contributed by atoms with van der Waals surface area (Å²) in [5.74, 6) is 1.12. The standard InChI is InChI=1S/C22H18ClFN4O2/c1-12(2)29-18-6-3-13(9-15(18)10-25)22-27-21(28-30-22)16-4-5-17(24)19-14(7-8-23)11-26-20(16)19/h3-6,9,11-12,26H,7-8H2,1-2H3. The number of ether oxygens (including phenoxy) is 1. The number of nitriles is 1. The highest BCUT2D eigenvalue weighted by molar-refractivity contribution is 6.18. The fraction of sp³-hybridized carbons (Fsp3) is 0.227. The summed E-state index contributed by atoms with van der Waals surface area (Å²) in [6.45, 7) is 3.78. The second-order valence-electron chi connectivity index (χ2n) is 7.01. The number of benzene rings is 2. The Morgan fingerprint density at radius 3 is 2.87 bits per heavy atom. The van der Waals surface area contributed by atoms with Crippen molar-refractivity contribution in [2.45, 2.75) is 26.4 Å². The van der Waals surface area contributed by atoms with Crippen LogP contribution >= 0.6 is 11.6 Å². The Morgan fingerprint density at radius 2 is 2.13 bits per heavy atom. The maximum atomic E-state index is 14.4. The topological polar surface area (TPSA) is 87.7 Å². The number of nitrogens with zero attached hydrogens (tertiary/aromatic N) is 3. The molecule has 152 valence electrons. The molecule has 30 heavy (non-hydrogen) atoms. The summed E-state index contributed by atoms with van der Waals surface area (Å²) in [7, 11) is 0. The molecule has 0 bridgehead atoms. The van der Waals surface area contributed by atoms with E-state index >= 15 is 0 Å². The third-order valence-electron chi connectivity index (χ3n) is 4.61. The predicted octanol–water partition coefficient (Wildman–Crippen LogP) is 5.46. The molecule has 0 aliphatic carbocycles. The number of hydrogen-bond donors (Lipinski definition) is 1. The van der Waals surface area contributed by atoms with Gasteiger partial charge in [-0.15, -0.1) is 11.6 Å². The fourth-order valence-electron chi connectivity index (χ4n) is 3.32. The monoisotopic (exact) mass is 424 g/mol. The summed E-state index contributed by atoms with van der Waals surface area (Å²) in [6.07, 6.45) is 2.23. The predicted molar refractivity (Wildman–Crippen MR) is 112 cm³/mol. The molecule has 0 saturated carbocycles. The molecular formula is C22H18ClFN4O2. The second-order valence-corrected chi connectivity index (χ2v) is 7.39. The lowest BCUT2D eigenvalue weighted by molar-refractivity contribution is 0.241. The van der Waals surface area contributed by atoms with E-state index in [9.17, 15) is 9.65 Å². The summed E-state index contributed by atoms with van der Waals surface area (Å²) >= 11 is 5.83. The highest BCUT2D eigenvalue weighted by Gasteiger charge is 2.18. The molecule has 4 rings (SSSR count). The number of halogens is 2. The third kappa shape index (κ3) is 3.62. The zero-order valence-corrected chi connectivity index (χ0v) is 17.1. The van der Waals surface area contributed by atoms with Gasteiger partial charge in [0.2, 0.25) is 5.82 Å². The van der Waals surface area contributed by atoms with Gasteiger partial charge in [0.15, 0.2) is 0 Å². The normalized spacial score (nSPS) is 11.2. The zero-order chi connectivity index (χ0) is 21.3. The van der Waals surface area contributed by atoms with Gasteiger partial charge >= 0.3 is 0 Å². The van der Waals surface area contributed by atoms with Crippen LogP contribution in [0.4, 0.5) is 4.39 Å². The van der Waals surface area contributed by atoms with Crippen molar-refractivity contribution in [2.24, 2.45) is 0 Å². The van der Waals surface area contributed by atoms with E-state index in [2.05, 4.69) is 21.2 Å². The molecule has 0 aliphatic rings. The van der Waals surface area contributed by atoms with Crippen LogP contribution < -0.4 is 4.74 Å². The van der Waals surface area contributed by atoms with Gasteiger partial charge < -0.3 is 14.2 Å². The van der Waals surface area contributed by atoms with Gasteiger partial charge in [-0.25, -0.2) is 4.39 Å². The first kappa shape index (κ1) is 19.9. The Morgan fingerprint density at radius 1 is 1.30 bits per heavy atom. The maximum Gasteiger partial charge on any atom is 0.258 e. The van der Waals surface area contributed by atoms with Gasteiger partial charge in [-0.3, -0.25) is 0 Å². The van der Waals surface area contributed by atoms with Crippen molar-refractivity contribution >= 4 is 22.5 Å². The molecule has 1 N–H and O–H groups in total. The average molecular weight is 425 g/mol. The van der Waals surface area contributed by atoms with Gasteiger partial charge in [0, 0.05) is 28.6 Å². The van der Waals surface area contributed by atoms with Crippen molar-refractivity contribution in [3.63, 3.8) is 0 Å². The zero-order valence-electron chi connectivity index (χ0n) is 16.4. The second kappa shape index (κ2) is 8.17. The molecule has 4 aromatic rings. The Hall–Kier alpha value is -3.37. The minimum Gasteiger partial charge on any atom is -0.490 e. The molecule has 0 radical (unpaired) electrons. The minimum atomic E-state index is -0.335. The number of aryl methyl sites for hydroxylation is 1. The van der Waals surface area contributed by atoms with E-state index < -0.39 is 0 Å². The van der Waals surface area contributed by atoms with Crippen LogP contribution in [0.5, 0.6) is 5.75 Å². The van der Waals surface area contributed by atoms with Crippen molar-refractivity contribution < 1.29 is 13.7 Å². The SMILES string of the molecule is CC(C)Oc1ccc(-c2nc(-c3ccc(F)c4c(CCCl)c[nH]c34)no2)cc1C#N. The Kier molecular flexibility index (Phi) is 5.42. The molecule has 2 aromatic carbocycles. The highest BCUT2D eigenvalue weighted by Crippen LogP contribution is 2.32. The van der Waals surface area contributed by atoms with Crippen LogP contribution in [-0.2, 0) is 6.42 Å². The molecule has 0 aliphatic heterocycles. The number of nitrogens with one attached hydrogen (secondary N) is 1. The first-order valence-electron chi connectivity index (χ1n) is 9.41. The molecule has 8 heteroatoms. The fourth-order valence-corrected chi connectivity index (χ4v) is 3.52. The van der Waals surface area contributed by atoms with Crippen molar-refractivity contribution in [3.05, 3.63) is 53.5 Å². The Bertz CT molecular complexity index is 1260. The highest BCUT2D eigenvalue weighted by atomic mass is 35.5. The van der Waals surface area contributed by atoms with E-state index in [4.69, 9.17) is 20.9 Å². The minimum absolute atomic E-state index is 0.0525. The van der Waals surface area contributed by atoms with Crippen LogP contribution in [0.15, 0.2) is 41.1 Å². The molecule has 0 amide bonds. The van der Waals surface area contributed by atoms with Gasteiger partial charge in [0.1, 0.15) is 17.6 Å². The summed E-state index contributed by atoms with van der Waals surface area (Å²) in [4.78, 5) is 7.55. The van der Waals surface area contributed by atoms with Crippen LogP contribution in [-0.4, -0.2) is 27.1 Å². The number of alkyl halides is 1. The van der Waals surface area contributed by atoms with Gasteiger partial charge in [0.25, 0.3) is 5.89 Å². The average Bonchev–Trinajstić information content (AvgIpc) is 3.37. The number of aromatic nitrogens is 3. The van der Waals surface area contributed by atoms with Crippen molar-refractivity contribution in [3.8, 4) is 34.7 Å². The smallest absolute Gasteiger partial charge is 0.258 e. The van der Waals surface area contributed by atoms with E-state index in [1.165, 1.54) is 6.07 Å². The van der Waals surface area contributed by atoms with Crippen molar-refractivity contribution in [1.29, 1.82) is 5.26 Å². The van der Waals surface area contributed by atoms with E-state index in [0.29, 0.717) is 51.5 Å². The number of H-pyrrole nitrogens is 1. The molecular weight excluding hydrogens is 407 g/mol. The quantitative estimate of drug-likeness (QED) is 0.415. The van der Waals surface area contributed by atoms with Crippen LogP contribution in [0, 0.1) is 17.1 Å². The van der Waals surface area contributed by atoms with Crippen LogP contribution in [0.25, 0.3) is 33.7 Å². The largest absolute Gasteiger partial charge is 0.490 e. The summed E-state index contributed by atoms with van der Waals surface area (Å²) in [5, 5.41) is 14.0.